The SMILES string of the molecule is CCNC(=O)CCNC/C=C/c1ccccc1. The van der Waals surface area contributed by atoms with E-state index in [4.69, 9.17) is 0 Å². The molecule has 0 aliphatic carbocycles. The highest BCUT2D eigenvalue weighted by Gasteiger charge is 1.96. The number of hydrogen-bond acceptors (Lipinski definition) is 2. The van der Waals surface area contributed by atoms with E-state index < -0.39 is 0 Å². The van der Waals surface area contributed by atoms with E-state index in [9.17, 15) is 4.79 Å². The predicted octanol–water partition coefficient (Wildman–Crippen LogP) is 1.82. The molecule has 92 valence electrons. The first-order chi connectivity index (χ1) is 8.33. The fourth-order valence-corrected chi connectivity index (χ4v) is 1.43. The largest absolute Gasteiger partial charge is 0.356 e. The molecule has 0 aliphatic rings. The summed E-state index contributed by atoms with van der Waals surface area (Å²) in [7, 11) is 0. The molecule has 0 unspecified atom stereocenters. The molecule has 0 aromatic heterocycles. The minimum Gasteiger partial charge on any atom is -0.356 e. The number of hydrogen-bond donors (Lipinski definition) is 2. The van der Waals surface area contributed by atoms with Gasteiger partial charge in [0.2, 0.25) is 5.91 Å². The summed E-state index contributed by atoms with van der Waals surface area (Å²) in [6.45, 7) is 4.12. The normalized spacial score (nSPS) is 10.6. The standard InChI is InChI=1S/C14H20N2O/c1-2-16-14(17)10-12-15-11-6-9-13-7-4-3-5-8-13/h3-9,15H,2,10-12H2,1H3,(H,16,17)/b9-6+. The van der Waals surface area contributed by atoms with Gasteiger partial charge >= 0.3 is 0 Å². The minimum atomic E-state index is 0.104. The van der Waals surface area contributed by atoms with Crippen LogP contribution < -0.4 is 10.6 Å². The Hall–Kier alpha value is -1.61. The molecular formula is C14H20N2O. The van der Waals surface area contributed by atoms with Gasteiger partial charge in [-0.25, -0.2) is 0 Å². The smallest absolute Gasteiger partial charge is 0.221 e. The van der Waals surface area contributed by atoms with Crippen LogP contribution in [-0.2, 0) is 4.79 Å². The molecule has 0 bridgehead atoms. The molecule has 3 nitrogen and oxygen atoms in total. The second kappa shape index (κ2) is 8.53. The molecule has 0 spiro atoms. The fourth-order valence-electron chi connectivity index (χ4n) is 1.43. The lowest BCUT2D eigenvalue weighted by atomic mass is 10.2. The van der Waals surface area contributed by atoms with Crippen molar-refractivity contribution in [1.29, 1.82) is 0 Å². The summed E-state index contributed by atoms with van der Waals surface area (Å²) in [5.74, 6) is 0.104. The van der Waals surface area contributed by atoms with Gasteiger partial charge in [0.1, 0.15) is 0 Å². The monoisotopic (exact) mass is 232 g/mol. The second-order valence-electron chi connectivity index (χ2n) is 3.72. The van der Waals surface area contributed by atoms with Crippen LogP contribution >= 0.6 is 0 Å². The second-order valence-corrected chi connectivity index (χ2v) is 3.72. The Morgan fingerprint density at radius 3 is 2.76 bits per heavy atom. The first-order valence-corrected chi connectivity index (χ1v) is 6.02. The van der Waals surface area contributed by atoms with Crippen molar-refractivity contribution < 1.29 is 4.79 Å². The van der Waals surface area contributed by atoms with Crippen LogP contribution in [0.1, 0.15) is 18.9 Å². The van der Waals surface area contributed by atoms with E-state index in [0.29, 0.717) is 19.5 Å². The molecule has 0 aliphatic heterocycles. The summed E-state index contributed by atoms with van der Waals surface area (Å²) in [5, 5.41) is 5.96. The number of carbonyl (C=O) groups is 1. The van der Waals surface area contributed by atoms with Crippen LogP contribution in [0.15, 0.2) is 36.4 Å². The van der Waals surface area contributed by atoms with Gasteiger partial charge in [0.25, 0.3) is 0 Å². The predicted molar refractivity (Wildman–Crippen MR) is 71.6 cm³/mol. The highest BCUT2D eigenvalue weighted by Crippen LogP contribution is 1.99. The van der Waals surface area contributed by atoms with Crippen molar-refractivity contribution in [3.63, 3.8) is 0 Å². The average Bonchev–Trinajstić information content (AvgIpc) is 2.35. The van der Waals surface area contributed by atoms with Gasteiger partial charge in [0, 0.05) is 26.1 Å². The molecule has 3 heteroatoms. The molecule has 1 aromatic rings. The van der Waals surface area contributed by atoms with Gasteiger partial charge in [-0.1, -0.05) is 42.5 Å². The van der Waals surface area contributed by atoms with Gasteiger partial charge in [0.15, 0.2) is 0 Å². The topological polar surface area (TPSA) is 41.1 Å². The Morgan fingerprint density at radius 2 is 2.06 bits per heavy atom. The van der Waals surface area contributed by atoms with Gasteiger partial charge in [0.05, 0.1) is 0 Å². The number of nitrogens with one attached hydrogen (secondary N) is 2. The average molecular weight is 232 g/mol. The van der Waals surface area contributed by atoms with E-state index in [1.54, 1.807) is 0 Å². The van der Waals surface area contributed by atoms with Crippen molar-refractivity contribution in [2.24, 2.45) is 0 Å². The maximum absolute atomic E-state index is 11.1. The van der Waals surface area contributed by atoms with E-state index in [1.165, 1.54) is 5.56 Å². The van der Waals surface area contributed by atoms with E-state index in [1.807, 2.05) is 25.1 Å². The van der Waals surface area contributed by atoms with Crippen LogP contribution in [0.5, 0.6) is 0 Å². The first-order valence-electron chi connectivity index (χ1n) is 6.02. The van der Waals surface area contributed by atoms with Gasteiger partial charge in [-0.15, -0.1) is 0 Å². The molecule has 17 heavy (non-hydrogen) atoms. The van der Waals surface area contributed by atoms with Crippen molar-refractivity contribution in [2.75, 3.05) is 19.6 Å². The van der Waals surface area contributed by atoms with E-state index in [2.05, 4.69) is 34.9 Å². The third-order valence-corrected chi connectivity index (χ3v) is 2.27. The Kier molecular flexibility index (Phi) is 6.75. The highest BCUT2D eigenvalue weighted by molar-refractivity contribution is 5.75. The van der Waals surface area contributed by atoms with Crippen molar-refractivity contribution in [1.82, 2.24) is 10.6 Å². The Bertz CT molecular complexity index is 346. The number of carbonyl (C=O) groups excluding carboxylic acids is 1. The van der Waals surface area contributed by atoms with E-state index >= 15 is 0 Å². The van der Waals surface area contributed by atoms with Crippen LogP contribution in [0.25, 0.3) is 6.08 Å². The zero-order chi connectivity index (χ0) is 12.3. The minimum absolute atomic E-state index is 0.104. The quantitative estimate of drug-likeness (QED) is 0.704. The van der Waals surface area contributed by atoms with Crippen molar-refractivity contribution in [3.8, 4) is 0 Å². The zero-order valence-electron chi connectivity index (χ0n) is 10.3. The van der Waals surface area contributed by atoms with Crippen molar-refractivity contribution in [2.45, 2.75) is 13.3 Å². The Balaban J connectivity index is 2.08. The molecule has 0 atom stereocenters. The zero-order valence-corrected chi connectivity index (χ0v) is 10.3. The Labute approximate surface area is 103 Å². The summed E-state index contributed by atoms with van der Waals surface area (Å²) in [5.41, 5.74) is 1.19. The molecule has 1 amide bonds. The number of amides is 1. The van der Waals surface area contributed by atoms with E-state index in [0.717, 1.165) is 6.54 Å². The summed E-state index contributed by atoms with van der Waals surface area (Å²) >= 11 is 0. The molecule has 2 N–H and O–H groups in total. The van der Waals surface area contributed by atoms with Gasteiger partial charge in [-0.3, -0.25) is 4.79 Å². The fraction of sp³-hybridized carbons (Fsp3) is 0.357. The van der Waals surface area contributed by atoms with Crippen LogP contribution in [0.2, 0.25) is 0 Å². The van der Waals surface area contributed by atoms with Crippen LogP contribution in [0.3, 0.4) is 0 Å². The maximum Gasteiger partial charge on any atom is 0.221 e. The molecule has 0 heterocycles. The summed E-state index contributed by atoms with van der Waals surface area (Å²) in [4.78, 5) is 11.1. The lowest BCUT2D eigenvalue weighted by Gasteiger charge is -2.02. The summed E-state index contributed by atoms with van der Waals surface area (Å²) in [6, 6.07) is 10.2. The molecule has 0 saturated heterocycles. The summed E-state index contributed by atoms with van der Waals surface area (Å²) < 4.78 is 0. The van der Waals surface area contributed by atoms with Gasteiger partial charge < -0.3 is 10.6 Å². The Morgan fingerprint density at radius 1 is 1.29 bits per heavy atom. The van der Waals surface area contributed by atoms with Crippen molar-refractivity contribution in [3.05, 3.63) is 42.0 Å². The molecule has 0 saturated carbocycles. The van der Waals surface area contributed by atoms with Gasteiger partial charge in [-0.2, -0.15) is 0 Å². The van der Waals surface area contributed by atoms with Crippen LogP contribution in [0.4, 0.5) is 0 Å². The van der Waals surface area contributed by atoms with Crippen molar-refractivity contribution >= 4 is 12.0 Å². The van der Waals surface area contributed by atoms with Crippen LogP contribution in [0, 0.1) is 0 Å². The number of benzene rings is 1. The van der Waals surface area contributed by atoms with Gasteiger partial charge in [-0.05, 0) is 12.5 Å². The number of rotatable bonds is 7. The summed E-state index contributed by atoms with van der Waals surface area (Å²) in [6.07, 6.45) is 4.67. The third-order valence-electron chi connectivity index (χ3n) is 2.27. The molecular weight excluding hydrogens is 212 g/mol. The molecule has 1 aromatic carbocycles. The molecule has 1 rings (SSSR count). The molecule has 0 radical (unpaired) electrons. The lowest BCUT2D eigenvalue weighted by Crippen LogP contribution is -2.27. The van der Waals surface area contributed by atoms with Crippen LogP contribution in [-0.4, -0.2) is 25.5 Å². The highest BCUT2D eigenvalue weighted by atomic mass is 16.1. The third kappa shape index (κ3) is 6.53. The lowest BCUT2D eigenvalue weighted by molar-refractivity contribution is -0.120. The molecule has 0 fully saturated rings. The van der Waals surface area contributed by atoms with E-state index in [-0.39, 0.29) is 5.91 Å². The first kappa shape index (κ1) is 13.5. The maximum atomic E-state index is 11.1.